The number of benzene rings is 2. The lowest BCUT2D eigenvalue weighted by Gasteiger charge is -2.13. The van der Waals surface area contributed by atoms with E-state index in [1.807, 2.05) is 59.5 Å². The summed E-state index contributed by atoms with van der Waals surface area (Å²) in [5.41, 5.74) is 2.73. The molecule has 1 aliphatic rings. The highest BCUT2D eigenvalue weighted by Crippen LogP contribution is 2.23. The van der Waals surface area contributed by atoms with Crippen LogP contribution in [0.1, 0.15) is 28.9 Å². The van der Waals surface area contributed by atoms with Crippen molar-refractivity contribution >= 4 is 16.8 Å². The summed E-state index contributed by atoms with van der Waals surface area (Å²) in [6, 6.07) is 17.9. The fraction of sp³-hybridized carbons (Fsp3) is 0.250. The van der Waals surface area contributed by atoms with Crippen LogP contribution in [0, 0.1) is 0 Å². The van der Waals surface area contributed by atoms with Crippen LogP contribution in [-0.4, -0.2) is 28.9 Å². The summed E-state index contributed by atoms with van der Waals surface area (Å²) in [6.07, 6.45) is 2.20. The number of ether oxygens (including phenoxy) is 1. The Morgan fingerprint density at radius 3 is 2.62 bits per heavy atom. The molecule has 0 saturated carbocycles. The highest BCUT2D eigenvalue weighted by Gasteiger charge is 2.20. The van der Waals surface area contributed by atoms with Crippen molar-refractivity contribution in [2.75, 3.05) is 13.1 Å². The van der Waals surface area contributed by atoms with Crippen LogP contribution in [0.2, 0.25) is 0 Å². The Hall–Kier alpha value is -2.75. The summed E-state index contributed by atoms with van der Waals surface area (Å²) in [6.45, 7) is 2.26. The molecule has 2 aromatic carbocycles. The van der Waals surface area contributed by atoms with E-state index in [4.69, 9.17) is 4.74 Å². The van der Waals surface area contributed by atoms with Gasteiger partial charge in [-0.1, -0.05) is 30.3 Å². The zero-order valence-electron chi connectivity index (χ0n) is 13.5. The highest BCUT2D eigenvalue weighted by atomic mass is 16.5. The molecule has 1 N–H and O–H groups in total. The van der Waals surface area contributed by atoms with Crippen molar-refractivity contribution in [2.45, 2.75) is 19.4 Å². The summed E-state index contributed by atoms with van der Waals surface area (Å²) >= 11 is 0. The first-order chi connectivity index (χ1) is 11.8. The van der Waals surface area contributed by atoms with E-state index >= 15 is 0 Å². The van der Waals surface area contributed by atoms with Crippen molar-refractivity contribution < 1.29 is 9.53 Å². The number of aromatic amines is 1. The van der Waals surface area contributed by atoms with Gasteiger partial charge < -0.3 is 14.6 Å². The van der Waals surface area contributed by atoms with Gasteiger partial charge in [-0.05, 0) is 36.6 Å². The van der Waals surface area contributed by atoms with Crippen LogP contribution in [0.5, 0.6) is 5.75 Å². The van der Waals surface area contributed by atoms with Crippen LogP contribution in [0.3, 0.4) is 0 Å². The Morgan fingerprint density at radius 1 is 1.04 bits per heavy atom. The lowest BCUT2D eigenvalue weighted by Crippen LogP contribution is -2.27. The summed E-state index contributed by atoms with van der Waals surface area (Å²) < 4.78 is 5.85. The largest absolute Gasteiger partial charge is 0.489 e. The average Bonchev–Trinajstić information content (AvgIpc) is 3.29. The van der Waals surface area contributed by atoms with Crippen molar-refractivity contribution in [1.29, 1.82) is 0 Å². The second kappa shape index (κ2) is 6.40. The van der Waals surface area contributed by atoms with Gasteiger partial charge in [0.15, 0.2) is 0 Å². The summed E-state index contributed by atoms with van der Waals surface area (Å²) in [7, 11) is 0. The first-order valence-corrected chi connectivity index (χ1v) is 8.38. The van der Waals surface area contributed by atoms with Crippen molar-refractivity contribution in [3.05, 3.63) is 65.9 Å². The van der Waals surface area contributed by atoms with E-state index in [-0.39, 0.29) is 5.91 Å². The predicted octanol–water partition coefficient (Wildman–Crippen LogP) is 3.98. The van der Waals surface area contributed by atoms with E-state index in [0.29, 0.717) is 12.3 Å². The van der Waals surface area contributed by atoms with Crippen molar-refractivity contribution in [3.63, 3.8) is 0 Å². The molecular formula is C20H20N2O2. The fourth-order valence-electron chi connectivity index (χ4n) is 3.14. The van der Waals surface area contributed by atoms with Crippen molar-refractivity contribution in [3.8, 4) is 5.75 Å². The number of hydrogen-bond donors (Lipinski definition) is 1. The molecule has 24 heavy (non-hydrogen) atoms. The number of carbonyl (C=O) groups is 1. The summed E-state index contributed by atoms with van der Waals surface area (Å²) in [5.74, 6) is 0.892. The van der Waals surface area contributed by atoms with Gasteiger partial charge in [-0.2, -0.15) is 0 Å². The van der Waals surface area contributed by atoms with Gasteiger partial charge in [0, 0.05) is 30.1 Å². The van der Waals surface area contributed by atoms with E-state index in [1.165, 1.54) is 0 Å². The van der Waals surface area contributed by atoms with Gasteiger partial charge in [0.1, 0.15) is 18.1 Å². The highest BCUT2D eigenvalue weighted by molar-refractivity contribution is 5.98. The number of amides is 1. The van der Waals surface area contributed by atoms with Gasteiger partial charge in [0.2, 0.25) is 0 Å². The molecule has 122 valence electrons. The van der Waals surface area contributed by atoms with E-state index in [1.54, 1.807) is 0 Å². The lowest BCUT2D eigenvalue weighted by molar-refractivity contribution is 0.0788. The average molecular weight is 320 g/mol. The number of fused-ring (bicyclic) bond motifs is 1. The second-order valence-electron chi connectivity index (χ2n) is 6.21. The molecule has 1 aliphatic heterocycles. The maximum atomic E-state index is 12.5. The maximum Gasteiger partial charge on any atom is 0.270 e. The third kappa shape index (κ3) is 3.00. The Bertz CT molecular complexity index is 848. The molecule has 4 heteroatoms. The molecular weight excluding hydrogens is 300 g/mol. The molecule has 4 rings (SSSR count). The molecule has 0 atom stereocenters. The van der Waals surface area contributed by atoms with Crippen molar-refractivity contribution in [2.24, 2.45) is 0 Å². The van der Waals surface area contributed by atoms with E-state index in [2.05, 4.69) is 4.98 Å². The standard InChI is InChI=1S/C20H20N2O2/c23-20(22-10-4-5-11-22)19-12-16-8-9-17(13-18(16)21-19)24-14-15-6-2-1-3-7-15/h1-3,6-9,12-13,21H,4-5,10-11,14H2. The summed E-state index contributed by atoms with van der Waals surface area (Å²) in [4.78, 5) is 17.6. The normalized spacial score (nSPS) is 14.2. The van der Waals surface area contributed by atoms with Crippen molar-refractivity contribution in [1.82, 2.24) is 9.88 Å². The number of nitrogens with one attached hydrogen (secondary N) is 1. The number of carbonyl (C=O) groups excluding carboxylic acids is 1. The number of rotatable bonds is 4. The van der Waals surface area contributed by atoms with Gasteiger partial charge in [-0.15, -0.1) is 0 Å². The number of nitrogens with zero attached hydrogens (tertiary/aromatic N) is 1. The van der Waals surface area contributed by atoms with Gasteiger partial charge in [-0.25, -0.2) is 0 Å². The molecule has 0 aliphatic carbocycles. The van der Waals surface area contributed by atoms with E-state index < -0.39 is 0 Å². The molecule has 3 aromatic rings. The minimum atomic E-state index is 0.0930. The maximum absolute atomic E-state index is 12.5. The lowest BCUT2D eigenvalue weighted by atomic mass is 10.2. The first-order valence-electron chi connectivity index (χ1n) is 8.38. The minimum absolute atomic E-state index is 0.0930. The van der Waals surface area contributed by atoms with Gasteiger partial charge in [0.25, 0.3) is 5.91 Å². The minimum Gasteiger partial charge on any atom is -0.489 e. The second-order valence-corrected chi connectivity index (χ2v) is 6.21. The number of likely N-dealkylation sites (tertiary alicyclic amines) is 1. The number of hydrogen-bond acceptors (Lipinski definition) is 2. The third-order valence-electron chi connectivity index (χ3n) is 4.47. The van der Waals surface area contributed by atoms with Gasteiger partial charge in [0.05, 0.1) is 0 Å². The Morgan fingerprint density at radius 2 is 1.83 bits per heavy atom. The molecule has 0 unspecified atom stereocenters. The topological polar surface area (TPSA) is 45.3 Å². The molecule has 2 heterocycles. The predicted molar refractivity (Wildman–Crippen MR) is 94.2 cm³/mol. The zero-order chi connectivity index (χ0) is 16.4. The van der Waals surface area contributed by atoms with Crippen LogP contribution in [0.15, 0.2) is 54.6 Å². The molecule has 0 bridgehead atoms. The number of H-pyrrole nitrogens is 1. The SMILES string of the molecule is O=C(c1cc2ccc(OCc3ccccc3)cc2[nH]1)N1CCCC1. The van der Waals surface area contributed by atoms with Crippen LogP contribution >= 0.6 is 0 Å². The first kappa shape index (κ1) is 14.8. The Balaban J connectivity index is 1.51. The van der Waals surface area contributed by atoms with E-state index in [9.17, 15) is 4.79 Å². The Kier molecular flexibility index (Phi) is 3.95. The van der Waals surface area contributed by atoms with Gasteiger partial charge >= 0.3 is 0 Å². The molecule has 0 spiro atoms. The van der Waals surface area contributed by atoms with Crippen LogP contribution in [0.25, 0.3) is 10.9 Å². The van der Waals surface area contributed by atoms with E-state index in [0.717, 1.165) is 48.1 Å². The molecule has 1 aromatic heterocycles. The third-order valence-corrected chi connectivity index (χ3v) is 4.47. The van der Waals surface area contributed by atoms with Gasteiger partial charge in [-0.3, -0.25) is 4.79 Å². The van der Waals surface area contributed by atoms with Crippen LogP contribution in [-0.2, 0) is 6.61 Å². The molecule has 4 nitrogen and oxygen atoms in total. The molecule has 1 fully saturated rings. The monoisotopic (exact) mass is 320 g/mol. The summed E-state index contributed by atoms with van der Waals surface area (Å²) in [5, 5.41) is 1.03. The Labute approximate surface area is 141 Å². The van der Waals surface area contributed by atoms with Crippen LogP contribution < -0.4 is 4.74 Å². The quantitative estimate of drug-likeness (QED) is 0.790. The smallest absolute Gasteiger partial charge is 0.270 e. The number of aromatic nitrogens is 1. The van der Waals surface area contributed by atoms with Crippen LogP contribution in [0.4, 0.5) is 0 Å². The zero-order valence-corrected chi connectivity index (χ0v) is 13.5. The molecule has 1 amide bonds. The fourth-order valence-corrected chi connectivity index (χ4v) is 3.14. The molecule has 1 saturated heterocycles. The molecule has 0 radical (unpaired) electrons.